The van der Waals surface area contributed by atoms with Gasteiger partial charge in [-0.05, 0) is 31.2 Å². The second kappa shape index (κ2) is 5.75. The first-order valence-electron chi connectivity index (χ1n) is 5.83. The van der Waals surface area contributed by atoms with Gasteiger partial charge < -0.3 is 5.32 Å². The first kappa shape index (κ1) is 14.1. The molecule has 20 heavy (non-hydrogen) atoms. The minimum Gasteiger partial charge on any atom is -0.322 e. The lowest BCUT2D eigenvalue weighted by Crippen LogP contribution is -2.12. The Morgan fingerprint density at radius 2 is 2.00 bits per heavy atom. The van der Waals surface area contributed by atoms with Crippen molar-refractivity contribution in [3.63, 3.8) is 0 Å². The van der Waals surface area contributed by atoms with E-state index in [1.807, 2.05) is 0 Å². The van der Waals surface area contributed by atoms with E-state index >= 15 is 0 Å². The molecule has 2 aromatic carbocycles. The highest BCUT2D eigenvalue weighted by Gasteiger charge is 2.13. The summed E-state index contributed by atoms with van der Waals surface area (Å²) in [6.07, 6.45) is 0. The Balaban J connectivity index is 2.24. The summed E-state index contributed by atoms with van der Waals surface area (Å²) >= 11 is 4.16. The molecule has 0 radical (unpaired) electrons. The Hall–Kier alpha value is -2.34. The Morgan fingerprint density at radius 1 is 1.25 bits per heavy atom. The Bertz CT molecular complexity index is 686. The van der Waals surface area contributed by atoms with Gasteiger partial charge in [0.05, 0.1) is 4.92 Å². The number of nitrogens with one attached hydrogen (secondary N) is 1. The monoisotopic (exact) mass is 288 g/mol. The standard InChI is InChI=1S/C14H12N2O3S/c1-9-5-6-11(8-13(9)16(18)19)15-14(17)10-3-2-4-12(20)7-10/h2-8,20H,1H3,(H,15,17). The number of nitro groups is 1. The molecule has 0 atom stereocenters. The molecule has 6 heteroatoms. The number of amides is 1. The van der Waals surface area contributed by atoms with Crippen LogP contribution in [0.5, 0.6) is 0 Å². The van der Waals surface area contributed by atoms with Crippen LogP contribution >= 0.6 is 12.6 Å². The third-order valence-electron chi connectivity index (χ3n) is 2.77. The molecule has 0 aliphatic heterocycles. The van der Waals surface area contributed by atoms with E-state index in [0.29, 0.717) is 21.7 Å². The number of carbonyl (C=O) groups excluding carboxylic acids is 1. The smallest absolute Gasteiger partial charge is 0.274 e. The van der Waals surface area contributed by atoms with E-state index in [-0.39, 0.29) is 11.6 Å². The van der Waals surface area contributed by atoms with Crippen molar-refractivity contribution in [2.45, 2.75) is 11.8 Å². The number of nitro benzene ring substituents is 1. The van der Waals surface area contributed by atoms with E-state index in [0.717, 1.165) is 0 Å². The van der Waals surface area contributed by atoms with Crippen LogP contribution in [-0.2, 0) is 0 Å². The number of hydrogen-bond acceptors (Lipinski definition) is 4. The molecule has 0 saturated carbocycles. The Kier molecular flexibility index (Phi) is 4.05. The molecule has 0 aromatic heterocycles. The van der Waals surface area contributed by atoms with E-state index in [4.69, 9.17) is 0 Å². The molecule has 0 bridgehead atoms. The fourth-order valence-electron chi connectivity index (χ4n) is 1.73. The molecule has 0 unspecified atom stereocenters. The van der Waals surface area contributed by atoms with Gasteiger partial charge in [0.15, 0.2) is 0 Å². The number of anilines is 1. The van der Waals surface area contributed by atoms with Crippen molar-refractivity contribution in [1.82, 2.24) is 0 Å². The van der Waals surface area contributed by atoms with Crippen LogP contribution in [0.25, 0.3) is 0 Å². The third kappa shape index (κ3) is 3.16. The van der Waals surface area contributed by atoms with E-state index in [1.165, 1.54) is 6.07 Å². The summed E-state index contributed by atoms with van der Waals surface area (Å²) in [6.45, 7) is 1.65. The van der Waals surface area contributed by atoms with Gasteiger partial charge in [0, 0.05) is 27.8 Å². The zero-order valence-electron chi connectivity index (χ0n) is 10.7. The fraction of sp³-hybridized carbons (Fsp3) is 0.0714. The number of benzene rings is 2. The number of hydrogen-bond donors (Lipinski definition) is 2. The van der Waals surface area contributed by atoms with Crippen LogP contribution in [0.2, 0.25) is 0 Å². The van der Waals surface area contributed by atoms with Crippen LogP contribution in [0, 0.1) is 17.0 Å². The minimum absolute atomic E-state index is 0.0225. The summed E-state index contributed by atoms with van der Waals surface area (Å²) in [7, 11) is 0. The van der Waals surface area contributed by atoms with Crippen molar-refractivity contribution in [2.75, 3.05) is 5.32 Å². The molecule has 5 nitrogen and oxygen atoms in total. The lowest BCUT2D eigenvalue weighted by atomic mass is 10.1. The van der Waals surface area contributed by atoms with Gasteiger partial charge in [0.1, 0.15) is 0 Å². The number of thiol groups is 1. The topological polar surface area (TPSA) is 72.2 Å². The van der Waals surface area contributed by atoms with Gasteiger partial charge in [-0.2, -0.15) is 0 Å². The largest absolute Gasteiger partial charge is 0.322 e. The van der Waals surface area contributed by atoms with Crippen molar-refractivity contribution in [1.29, 1.82) is 0 Å². The average Bonchev–Trinajstić information content (AvgIpc) is 2.40. The molecule has 0 aliphatic rings. The predicted octanol–water partition coefficient (Wildman–Crippen LogP) is 3.44. The van der Waals surface area contributed by atoms with Crippen molar-refractivity contribution in [3.05, 3.63) is 63.7 Å². The maximum atomic E-state index is 12.0. The van der Waals surface area contributed by atoms with Crippen molar-refractivity contribution < 1.29 is 9.72 Å². The highest BCUT2D eigenvalue weighted by atomic mass is 32.1. The second-order valence-electron chi connectivity index (χ2n) is 4.26. The maximum Gasteiger partial charge on any atom is 0.274 e. The summed E-state index contributed by atoms with van der Waals surface area (Å²) in [4.78, 5) is 23.1. The van der Waals surface area contributed by atoms with E-state index < -0.39 is 4.92 Å². The average molecular weight is 288 g/mol. The SMILES string of the molecule is Cc1ccc(NC(=O)c2cccc(S)c2)cc1[N+](=O)[O-]. The molecule has 0 heterocycles. The van der Waals surface area contributed by atoms with Crippen molar-refractivity contribution in [2.24, 2.45) is 0 Å². The van der Waals surface area contributed by atoms with Crippen LogP contribution < -0.4 is 5.32 Å². The van der Waals surface area contributed by atoms with Gasteiger partial charge in [-0.3, -0.25) is 14.9 Å². The first-order valence-corrected chi connectivity index (χ1v) is 6.27. The minimum atomic E-state index is -0.473. The highest BCUT2D eigenvalue weighted by molar-refractivity contribution is 7.80. The van der Waals surface area contributed by atoms with Crippen LogP contribution in [0.4, 0.5) is 11.4 Å². The van der Waals surface area contributed by atoms with E-state index in [1.54, 1.807) is 43.3 Å². The third-order valence-corrected chi connectivity index (χ3v) is 3.05. The number of carbonyl (C=O) groups is 1. The van der Waals surface area contributed by atoms with Crippen molar-refractivity contribution >= 4 is 29.9 Å². The summed E-state index contributed by atoms with van der Waals surface area (Å²) in [5.74, 6) is -0.334. The van der Waals surface area contributed by atoms with Crippen LogP contribution in [0.15, 0.2) is 47.4 Å². The quantitative estimate of drug-likeness (QED) is 0.516. The molecule has 0 fully saturated rings. The van der Waals surface area contributed by atoms with Crippen LogP contribution in [0.3, 0.4) is 0 Å². The summed E-state index contributed by atoms with van der Waals surface area (Å²) in [5.41, 5.74) is 1.36. The zero-order valence-corrected chi connectivity index (χ0v) is 11.6. The predicted molar refractivity (Wildman–Crippen MR) is 79.5 cm³/mol. The van der Waals surface area contributed by atoms with Gasteiger partial charge in [0.25, 0.3) is 11.6 Å². The van der Waals surface area contributed by atoms with Crippen molar-refractivity contribution in [3.8, 4) is 0 Å². The first-order chi connectivity index (χ1) is 9.47. The summed E-state index contributed by atoms with van der Waals surface area (Å²) in [5, 5.41) is 13.5. The Labute approximate surface area is 121 Å². The molecular formula is C14H12N2O3S. The summed E-state index contributed by atoms with van der Waals surface area (Å²) in [6, 6.07) is 11.3. The Morgan fingerprint density at radius 3 is 2.65 bits per heavy atom. The van der Waals surface area contributed by atoms with Gasteiger partial charge in [-0.15, -0.1) is 12.6 Å². The molecular weight excluding hydrogens is 276 g/mol. The van der Waals surface area contributed by atoms with Gasteiger partial charge in [-0.25, -0.2) is 0 Å². The maximum absolute atomic E-state index is 12.0. The molecule has 2 aromatic rings. The molecule has 102 valence electrons. The molecule has 0 saturated heterocycles. The van der Waals surface area contributed by atoms with Crippen LogP contribution in [-0.4, -0.2) is 10.8 Å². The second-order valence-corrected chi connectivity index (χ2v) is 4.78. The van der Waals surface area contributed by atoms with Gasteiger partial charge >= 0.3 is 0 Å². The normalized spacial score (nSPS) is 10.1. The molecule has 1 amide bonds. The molecule has 2 rings (SSSR count). The number of nitrogens with zero attached hydrogens (tertiary/aromatic N) is 1. The number of rotatable bonds is 3. The highest BCUT2D eigenvalue weighted by Crippen LogP contribution is 2.22. The van der Waals surface area contributed by atoms with Crippen LogP contribution in [0.1, 0.15) is 15.9 Å². The molecule has 0 spiro atoms. The van der Waals surface area contributed by atoms with Gasteiger partial charge in [-0.1, -0.05) is 12.1 Å². The van der Waals surface area contributed by atoms with Gasteiger partial charge in [0.2, 0.25) is 0 Å². The summed E-state index contributed by atoms with van der Waals surface area (Å²) < 4.78 is 0. The fourth-order valence-corrected chi connectivity index (χ4v) is 1.96. The molecule has 0 aliphatic carbocycles. The zero-order chi connectivity index (χ0) is 14.7. The lowest BCUT2D eigenvalue weighted by Gasteiger charge is -2.06. The van der Waals surface area contributed by atoms with E-state index in [2.05, 4.69) is 17.9 Å². The number of aryl methyl sites for hydroxylation is 1. The lowest BCUT2D eigenvalue weighted by molar-refractivity contribution is -0.385. The molecule has 1 N–H and O–H groups in total. The van der Waals surface area contributed by atoms with E-state index in [9.17, 15) is 14.9 Å².